The number of hydrogen-bond acceptors (Lipinski definition) is 4. The first-order valence-corrected chi connectivity index (χ1v) is 5.93. The first-order valence-electron chi connectivity index (χ1n) is 5.13. The van der Waals surface area contributed by atoms with Gasteiger partial charge in [0.25, 0.3) is 0 Å². The van der Waals surface area contributed by atoms with E-state index in [0.717, 1.165) is 22.7 Å². The molecule has 1 heterocycles. The minimum atomic E-state index is 0.0105. The molecule has 0 fully saturated rings. The van der Waals surface area contributed by atoms with Crippen molar-refractivity contribution in [1.82, 2.24) is 15.3 Å². The molecule has 1 aromatic rings. The Bertz CT molecular complexity index is 370. The van der Waals surface area contributed by atoms with Crippen molar-refractivity contribution in [1.29, 1.82) is 0 Å². The second kappa shape index (κ2) is 6.42. The first-order chi connectivity index (χ1) is 7.65. The van der Waals surface area contributed by atoms with E-state index < -0.39 is 0 Å². The first kappa shape index (κ1) is 12.9. The van der Waals surface area contributed by atoms with Gasteiger partial charge in [-0.3, -0.25) is 4.79 Å². The minimum absolute atomic E-state index is 0.0105. The van der Waals surface area contributed by atoms with Crippen LogP contribution in [0.15, 0.2) is 10.7 Å². The number of anilines is 1. The van der Waals surface area contributed by atoms with Crippen LogP contribution in [0.2, 0.25) is 0 Å². The van der Waals surface area contributed by atoms with Crippen LogP contribution in [0.3, 0.4) is 0 Å². The summed E-state index contributed by atoms with van der Waals surface area (Å²) in [5.41, 5.74) is 0. The van der Waals surface area contributed by atoms with Gasteiger partial charge in [0.05, 0.1) is 0 Å². The Morgan fingerprint density at radius 1 is 1.50 bits per heavy atom. The smallest absolute Gasteiger partial charge is 0.221 e. The maximum absolute atomic E-state index is 11.0. The predicted molar refractivity (Wildman–Crippen MR) is 66.3 cm³/mol. The number of carbonyl (C=O) groups excluding carboxylic acids is 1. The van der Waals surface area contributed by atoms with E-state index in [-0.39, 0.29) is 5.91 Å². The summed E-state index contributed by atoms with van der Waals surface area (Å²) in [4.78, 5) is 19.5. The number of carbonyl (C=O) groups is 1. The fraction of sp³-hybridized carbons (Fsp3) is 0.500. The number of hydrogen-bond donors (Lipinski definition) is 2. The molecule has 0 aromatic carbocycles. The zero-order valence-corrected chi connectivity index (χ0v) is 11.0. The molecule has 0 bridgehead atoms. The molecule has 0 radical (unpaired) electrons. The van der Waals surface area contributed by atoms with Gasteiger partial charge in [0.1, 0.15) is 16.2 Å². The van der Waals surface area contributed by atoms with Crippen molar-refractivity contribution in [3.8, 4) is 0 Å². The van der Waals surface area contributed by atoms with Crippen molar-refractivity contribution in [2.75, 3.05) is 18.9 Å². The molecule has 0 saturated carbocycles. The monoisotopic (exact) mass is 286 g/mol. The molecule has 0 unspecified atom stereocenters. The highest BCUT2D eigenvalue weighted by Gasteiger charge is 2.02. The number of aromatic nitrogens is 2. The molecule has 0 spiro atoms. The summed E-state index contributed by atoms with van der Waals surface area (Å²) in [6.45, 7) is 2.56. The van der Waals surface area contributed by atoms with Gasteiger partial charge >= 0.3 is 0 Å². The molecule has 1 rings (SSSR count). The largest absolute Gasteiger partial charge is 0.369 e. The summed E-state index contributed by atoms with van der Waals surface area (Å²) >= 11 is 3.32. The van der Waals surface area contributed by atoms with E-state index >= 15 is 0 Å². The van der Waals surface area contributed by atoms with E-state index in [4.69, 9.17) is 0 Å². The second-order valence-corrected chi connectivity index (χ2v) is 4.01. The van der Waals surface area contributed by atoms with E-state index in [1.807, 2.05) is 6.92 Å². The van der Waals surface area contributed by atoms with Crippen molar-refractivity contribution in [3.63, 3.8) is 0 Å². The highest BCUT2D eigenvalue weighted by Crippen LogP contribution is 2.12. The van der Waals surface area contributed by atoms with E-state index in [1.165, 1.54) is 0 Å². The Balaban J connectivity index is 2.53. The fourth-order valence-electron chi connectivity index (χ4n) is 1.14. The molecular formula is C10H15BrN4O. The summed E-state index contributed by atoms with van der Waals surface area (Å²) in [7, 11) is 1.62. The molecule has 5 nitrogen and oxygen atoms in total. The van der Waals surface area contributed by atoms with Gasteiger partial charge in [-0.1, -0.05) is 6.92 Å². The standard InChI is InChI=1S/C10H15BrN4O/c1-3-8-14-7(11)6-9(15-8)13-5-4-10(16)12-2/h6H,3-5H2,1-2H3,(H,12,16)(H,13,14,15). The highest BCUT2D eigenvalue weighted by atomic mass is 79.9. The van der Waals surface area contributed by atoms with Gasteiger partial charge in [-0.15, -0.1) is 0 Å². The number of nitrogens with one attached hydrogen (secondary N) is 2. The van der Waals surface area contributed by atoms with Gasteiger partial charge in [-0.25, -0.2) is 9.97 Å². The van der Waals surface area contributed by atoms with E-state index in [2.05, 4.69) is 36.5 Å². The average molecular weight is 287 g/mol. The fourth-order valence-corrected chi connectivity index (χ4v) is 1.56. The van der Waals surface area contributed by atoms with Gasteiger partial charge in [-0.05, 0) is 15.9 Å². The van der Waals surface area contributed by atoms with Crippen molar-refractivity contribution in [2.24, 2.45) is 0 Å². The minimum Gasteiger partial charge on any atom is -0.369 e. The Kier molecular flexibility index (Phi) is 5.18. The quantitative estimate of drug-likeness (QED) is 0.802. The Morgan fingerprint density at radius 2 is 2.25 bits per heavy atom. The molecule has 6 heteroatoms. The third-order valence-corrected chi connectivity index (χ3v) is 2.40. The van der Waals surface area contributed by atoms with Gasteiger partial charge in [-0.2, -0.15) is 0 Å². The number of rotatable bonds is 5. The molecular weight excluding hydrogens is 272 g/mol. The molecule has 16 heavy (non-hydrogen) atoms. The van der Waals surface area contributed by atoms with Crippen LogP contribution in [0, 0.1) is 0 Å². The topological polar surface area (TPSA) is 66.9 Å². The summed E-state index contributed by atoms with van der Waals surface area (Å²) < 4.78 is 0.752. The second-order valence-electron chi connectivity index (χ2n) is 3.20. The molecule has 1 aromatic heterocycles. The van der Waals surface area contributed by atoms with Crippen LogP contribution in [-0.2, 0) is 11.2 Å². The maximum Gasteiger partial charge on any atom is 0.221 e. The summed E-state index contributed by atoms with van der Waals surface area (Å²) in [5.74, 6) is 1.52. The van der Waals surface area contributed by atoms with E-state index in [1.54, 1.807) is 13.1 Å². The van der Waals surface area contributed by atoms with Crippen molar-refractivity contribution < 1.29 is 4.79 Å². The third kappa shape index (κ3) is 4.14. The van der Waals surface area contributed by atoms with Gasteiger partial charge in [0.2, 0.25) is 5.91 Å². The van der Waals surface area contributed by atoms with Crippen LogP contribution in [0.1, 0.15) is 19.2 Å². The Labute approximate surface area is 103 Å². The molecule has 0 aliphatic heterocycles. The van der Waals surface area contributed by atoms with Gasteiger partial charge < -0.3 is 10.6 Å². The van der Waals surface area contributed by atoms with E-state index in [0.29, 0.717) is 13.0 Å². The Hall–Kier alpha value is -1.17. The maximum atomic E-state index is 11.0. The highest BCUT2D eigenvalue weighted by molar-refractivity contribution is 9.10. The van der Waals surface area contributed by atoms with Crippen molar-refractivity contribution in [3.05, 3.63) is 16.5 Å². The SMILES string of the molecule is CCc1nc(Br)cc(NCCC(=O)NC)n1. The number of aryl methyl sites for hydroxylation is 1. The summed E-state index contributed by atoms with van der Waals surface area (Å²) in [5, 5.41) is 5.65. The Morgan fingerprint density at radius 3 is 2.88 bits per heavy atom. The molecule has 1 amide bonds. The molecule has 0 aliphatic rings. The summed E-state index contributed by atoms with van der Waals surface area (Å²) in [6, 6.07) is 1.79. The van der Waals surface area contributed by atoms with Crippen LogP contribution in [-0.4, -0.2) is 29.5 Å². The zero-order chi connectivity index (χ0) is 12.0. The molecule has 88 valence electrons. The van der Waals surface area contributed by atoms with Crippen molar-refractivity contribution >= 4 is 27.7 Å². The molecule has 0 aliphatic carbocycles. The molecule has 0 saturated heterocycles. The van der Waals surface area contributed by atoms with Crippen LogP contribution in [0.5, 0.6) is 0 Å². The lowest BCUT2D eigenvalue weighted by Gasteiger charge is -2.06. The predicted octanol–water partition coefficient (Wildman–Crippen LogP) is 1.35. The average Bonchev–Trinajstić information content (AvgIpc) is 2.28. The van der Waals surface area contributed by atoms with Crippen LogP contribution in [0.4, 0.5) is 5.82 Å². The third-order valence-electron chi connectivity index (χ3n) is 1.99. The lowest BCUT2D eigenvalue weighted by atomic mass is 10.4. The van der Waals surface area contributed by atoms with Gasteiger partial charge in [0, 0.05) is 32.5 Å². The number of amides is 1. The number of nitrogens with zero attached hydrogens (tertiary/aromatic N) is 2. The zero-order valence-electron chi connectivity index (χ0n) is 9.38. The van der Waals surface area contributed by atoms with Crippen LogP contribution < -0.4 is 10.6 Å². The van der Waals surface area contributed by atoms with E-state index in [9.17, 15) is 4.79 Å². The van der Waals surface area contributed by atoms with Crippen molar-refractivity contribution in [2.45, 2.75) is 19.8 Å². The van der Waals surface area contributed by atoms with Crippen LogP contribution in [0.25, 0.3) is 0 Å². The van der Waals surface area contributed by atoms with Crippen LogP contribution >= 0.6 is 15.9 Å². The lowest BCUT2D eigenvalue weighted by Crippen LogP contribution is -2.21. The molecule has 0 atom stereocenters. The lowest BCUT2D eigenvalue weighted by molar-refractivity contribution is -0.120. The summed E-state index contributed by atoms with van der Waals surface area (Å²) in [6.07, 6.45) is 1.21. The molecule has 2 N–H and O–H groups in total. The number of halogens is 1. The normalized spacial score (nSPS) is 9.94. The van der Waals surface area contributed by atoms with Gasteiger partial charge in [0.15, 0.2) is 0 Å².